The SMILES string of the molecule is CN1CCN(c2ncc(C(CO)(CO)c3ccc(F)cc3)cn2)CC1. The molecule has 6 nitrogen and oxygen atoms in total. The van der Waals surface area contributed by atoms with Gasteiger partial charge in [-0.1, -0.05) is 12.1 Å². The number of aliphatic hydroxyl groups excluding tert-OH is 2. The highest BCUT2D eigenvalue weighted by Crippen LogP contribution is 2.31. The second-order valence-electron chi connectivity index (χ2n) is 6.47. The third-order valence-corrected chi connectivity index (χ3v) is 4.91. The first-order valence-corrected chi connectivity index (χ1v) is 8.33. The molecule has 134 valence electrons. The Hall–Kier alpha value is -2.09. The van der Waals surface area contributed by atoms with Crippen molar-refractivity contribution in [2.24, 2.45) is 0 Å². The third-order valence-electron chi connectivity index (χ3n) is 4.91. The van der Waals surface area contributed by atoms with Gasteiger partial charge in [0.1, 0.15) is 5.82 Å². The molecule has 25 heavy (non-hydrogen) atoms. The summed E-state index contributed by atoms with van der Waals surface area (Å²) in [6, 6.07) is 5.76. The lowest BCUT2D eigenvalue weighted by Crippen LogP contribution is -2.45. The predicted octanol–water partition coefficient (Wildman–Crippen LogP) is 0.638. The average Bonchev–Trinajstić information content (AvgIpc) is 2.66. The van der Waals surface area contributed by atoms with E-state index in [4.69, 9.17) is 0 Å². The average molecular weight is 346 g/mol. The van der Waals surface area contributed by atoms with Gasteiger partial charge in [-0.05, 0) is 24.7 Å². The van der Waals surface area contributed by atoms with Gasteiger partial charge in [0.2, 0.25) is 5.95 Å². The fraction of sp³-hybridized carbons (Fsp3) is 0.444. The number of hydrogen-bond donors (Lipinski definition) is 2. The van der Waals surface area contributed by atoms with Crippen molar-refractivity contribution < 1.29 is 14.6 Å². The van der Waals surface area contributed by atoms with Crippen molar-refractivity contribution in [3.63, 3.8) is 0 Å². The number of hydrogen-bond acceptors (Lipinski definition) is 6. The van der Waals surface area contributed by atoms with Crippen molar-refractivity contribution in [2.45, 2.75) is 5.41 Å². The Morgan fingerprint density at radius 3 is 2.04 bits per heavy atom. The molecule has 1 aliphatic rings. The summed E-state index contributed by atoms with van der Waals surface area (Å²) in [6.07, 6.45) is 3.27. The van der Waals surface area contributed by atoms with Gasteiger partial charge in [0.25, 0.3) is 0 Å². The van der Waals surface area contributed by atoms with Crippen LogP contribution in [-0.2, 0) is 5.41 Å². The molecule has 2 heterocycles. The van der Waals surface area contributed by atoms with E-state index in [1.54, 1.807) is 24.5 Å². The van der Waals surface area contributed by atoms with Crippen LogP contribution >= 0.6 is 0 Å². The van der Waals surface area contributed by atoms with Crippen LogP contribution in [0.4, 0.5) is 10.3 Å². The number of aromatic nitrogens is 2. The van der Waals surface area contributed by atoms with E-state index in [2.05, 4.69) is 26.8 Å². The maximum Gasteiger partial charge on any atom is 0.225 e. The van der Waals surface area contributed by atoms with Crippen LogP contribution in [-0.4, -0.2) is 71.5 Å². The second kappa shape index (κ2) is 7.43. The van der Waals surface area contributed by atoms with E-state index in [9.17, 15) is 14.6 Å². The predicted molar refractivity (Wildman–Crippen MR) is 93.1 cm³/mol. The zero-order chi connectivity index (χ0) is 17.9. The molecule has 2 aromatic rings. The van der Waals surface area contributed by atoms with Crippen LogP contribution in [0.2, 0.25) is 0 Å². The van der Waals surface area contributed by atoms with Gasteiger partial charge >= 0.3 is 0 Å². The monoisotopic (exact) mass is 346 g/mol. The van der Waals surface area contributed by atoms with Crippen LogP contribution in [0.3, 0.4) is 0 Å². The van der Waals surface area contributed by atoms with E-state index in [0.29, 0.717) is 17.1 Å². The van der Waals surface area contributed by atoms with Crippen molar-refractivity contribution in [1.29, 1.82) is 0 Å². The van der Waals surface area contributed by atoms with Gasteiger partial charge in [-0.25, -0.2) is 14.4 Å². The molecule has 0 saturated carbocycles. The summed E-state index contributed by atoms with van der Waals surface area (Å²) in [7, 11) is 2.08. The minimum absolute atomic E-state index is 0.327. The van der Waals surface area contributed by atoms with Crippen molar-refractivity contribution >= 4 is 5.95 Å². The normalized spacial score (nSPS) is 16.2. The first-order chi connectivity index (χ1) is 12.1. The van der Waals surface area contributed by atoms with Crippen LogP contribution < -0.4 is 4.90 Å². The lowest BCUT2D eigenvalue weighted by atomic mass is 9.77. The highest BCUT2D eigenvalue weighted by Gasteiger charge is 2.34. The Kier molecular flexibility index (Phi) is 5.27. The van der Waals surface area contributed by atoms with Crippen molar-refractivity contribution in [3.8, 4) is 0 Å². The van der Waals surface area contributed by atoms with E-state index in [1.807, 2.05) is 0 Å². The number of likely N-dealkylation sites (N-methyl/N-ethyl adjacent to an activating group) is 1. The van der Waals surface area contributed by atoms with E-state index >= 15 is 0 Å². The Bertz CT molecular complexity index is 681. The molecule has 0 amide bonds. The largest absolute Gasteiger partial charge is 0.395 e. The number of aliphatic hydroxyl groups is 2. The third kappa shape index (κ3) is 3.49. The molecular formula is C18H23FN4O2. The molecule has 0 atom stereocenters. The molecule has 0 unspecified atom stereocenters. The van der Waals surface area contributed by atoms with Gasteiger partial charge in [0, 0.05) is 44.1 Å². The van der Waals surface area contributed by atoms with Gasteiger partial charge in [-0.15, -0.1) is 0 Å². The molecule has 0 radical (unpaired) electrons. The molecular weight excluding hydrogens is 323 g/mol. The standard InChI is InChI=1S/C18H23FN4O2/c1-22-6-8-23(9-7-22)17-20-10-15(11-21-17)18(12-24,13-25)14-2-4-16(19)5-3-14/h2-5,10-11,24-25H,6-9,12-13H2,1H3. The Labute approximate surface area is 146 Å². The number of benzene rings is 1. The molecule has 2 N–H and O–H groups in total. The van der Waals surface area contributed by atoms with E-state index in [0.717, 1.165) is 26.2 Å². The molecule has 1 aliphatic heterocycles. The van der Waals surface area contributed by atoms with E-state index in [-0.39, 0.29) is 19.0 Å². The van der Waals surface area contributed by atoms with Gasteiger partial charge in [0.15, 0.2) is 0 Å². The lowest BCUT2D eigenvalue weighted by molar-refractivity contribution is 0.142. The minimum atomic E-state index is -1.06. The first kappa shape index (κ1) is 17.7. The summed E-state index contributed by atoms with van der Waals surface area (Å²) in [4.78, 5) is 13.2. The van der Waals surface area contributed by atoms with Gasteiger partial charge in [-0.2, -0.15) is 0 Å². The number of rotatable bonds is 5. The molecule has 1 aromatic heterocycles. The fourth-order valence-corrected chi connectivity index (χ4v) is 3.09. The van der Waals surface area contributed by atoms with Crippen molar-refractivity contribution in [3.05, 3.63) is 53.6 Å². The number of nitrogens with zero attached hydrogens (tertiary/aromatic N) is 4. The zero-order valence-electron chi connectivity index (χ0n) is 14.3. The van der Waals surface area contributed by atoms with Crippen LogP contribution in [0.1, 0.15) is 11.1 Å². The van der Waals surface area contributed by atoms with Crippen LogP contribution in [0.15, 0.2) is 36.7 Å². The smallest absolute Gasteiger partial charge is 0.225 e. The second-order valence-corrected chi connectivity index (χ2v) is 6.47. The van der Waals surface area contributed by atoms with Gasteiger partial charge in [0.05, 0.1) is 18.6 Å². The summed E-state index contributed by atoms with van der Waals surface area (Å²) < 4.78 is 13.2. The Morgan fingerprint density at radius 1 is 0.960 bits per heavy atom. The van der Waals surface area contributed by atoms with Gasteiger partial charge in [-0.3, -0.25) is 0 Å². The summed E-state index contributed by atoms with van der Waals surface area (Å²) >= 11 is 0. The quantitative estimate of drug-likeness (QED) is 0.828. The number of anilines is 1. The van der Waals surface area contributed by atoms with E-state index < -0.39 is 5.41 Å². The topological polar surface area (TPSA) is 72.7 Å². The summed E-state index contributed by atoms with van der Waals surface area (Å²) in [5, 5.41) is 19.9. The molecule has 0 bridgehead atoms. The lowest BCUT2D eigenvalue weighted by Gasteiger charge is -2.33. The molecule has 1 aromatic carbocycles. The minimum Gasteiger partial charge on any atom is -0.395 e. The number of halogens is 1. The Morgan fingerprint density at radius 2 is 1.52 bits per heavy atom. The highest BCUT2D eigenvalue weighted by molar-refractivity contribution is 5.40. The number of piperazine rings is 1. The summed E-state index contributed by atoms with van der Waals surface area (Å²) in [5.41, 5.74) is 0.158. The fourth-order valence-electron chi connectivity index (χ4n) is 3.09. The zero-order valence-corrected chi connectivity index (χ0v) is 14.3. The molecule has 1 fully saturated rings. The first-order valence-electron chi connectivity index (χ1n) is 8.33. The highest BCUT2D eigenvalue weighted by atomic mass is 19.1. The molecule has 7 heteroatoms. The molecule has 0 spiro atoms. The summed E-state index contributed by atoms with van der Waals surface area (Å²) in [5.74, 6) is 0.274. The Balaban J connectivity index is 1.88. The van der Waals surface area contributed by atoms with Crippen LogP contribution in [0.5, 0.6) is 0 Å². The summed E-state index contributed by atoms with van der Waals surface area (Å²) in [6.45, 7) is 2.98. The van der Waals surface area contributed by atoms with Gasteiger partial charge < -0.3 is 20.0 Å². The molecule has 0 aliphatic carbocycles. The van der Waals surface area contributed by atoms with E-state index in [1.165, 1.54) is 12.1 Å². The van der Waals surface area contributed by atoms with Crippen LogP contribution in [0, 0.1) is 5.82 Å². The maximum absolute atomic E-state index is 13.2. The van der Waals surface area contributed by atoms with Crippen LogP contribution in [0.25, 0.3) is 0 Å². The molecule has 1 saturated heterocycles. The molecule has 3 rings (SSSR count). The van der Waals surface area contributed by atoms with Crippen molar-refractivity contribution in [2.75, 3.05) is 51.3 Å². The van der Waals surface area contributed by atoms with Crippen molar-refractivity contribution in [1.82, 2.24) is 14.9 Å². The maximum atomic E-state index is 13.2.